The van der Waals surface area contributed by atoms with Crippen molar-refractivity contribution in [2.24, 2.45) is 11.7 Å². The summed E-state index contributed by atoms with van der Waals surface area (Å²) in [6.07, 6.45) is 1.03. The Bertz CT molecular complexity index is 351. The van der Waals surface area contributed by atoms with Crippen molar-refractivity contribution >= 4 is 0 Å². The van der Waals surface area contributed by atoms with Gasteiger partial charge in [0, 0.05) is 6.04 Å². The van der Waals surface area contributed by atoms with Gasteiger partial charge < -0.3 is 15.2 Å². The third-order valence-electron chi connectivity index (χ3n) is 3.28. The van der Waals surface area contributed by atoms with Crippen LogP contribution in [0.2, 0.25) is 0 Å². The first-order valence-corrected chi connectivity index (χ1v) is 6.03. The van der Waals surface area contributed by atoms with E-state index in [1.165, 1.54) is 0 Å². The molecule has 1 aromatic carbocycles. The summed E-state index contributed by atoms with van der Waals surface area (Å²) >= 11 is 0. The minimum Gasteiger partial charge on any atom is -0.496 e. The fourth-order valence-electron chi connectivity index (χ4n) is 1.94. The summed E-state index contributed by atoms with van der Waals surface area (Å²) in [4.78, 5) is 0. The molecule has 3 heteroatoms. The molecule has 3 nitrogen and oxygen atoms in total. The van der Waals surface area contributed by atoms with E-state index in [9.17, 15) is 0 Å². The van der Waals surface area contributed by atoms with Gasteiger partial charge in [0.15, 0.2) is 0 Å². The van der Waals surface area contributed by atoms with Crippen molar-refractivity contribution in [2.75, 3.05) is 14.2 Å². The van der Waals surface area contributed by atoms with E-state index < -0.39 is 0 Å². The van der Waals surface area contributed by atoms with Crippen molar-refractivity contribution < 1.29 is 9.47 Å². The summed E-state index contributed by atoms with van der Waals surface area (Å²) in [5.41, 5.74) is 8.37. The summed E-state index contributed by atoms with van der Waals surface area (Å²) in [5, 5.41) is 0. The zero-order valence-corrected chi connectivity index (χ0v) is 11.4. The SMILES string of the molecule is CCC(C)[C@@H](N)c1c(OC)cc(C)cc1OC. The van der Waals surface area contributed by atoms with Gasteiger partial charge in [0.1, 0.15) is 11.5 Å². The van der Waals surface area contributed by atoms with Gasteiger partial charge in [0.2, 0.25) is 0 Å². The van der Waals surface area contributed by atoms with Crippen molar-refractivity contribution in [3.63, 3.8) is 0 Å². The van der Waals surface area contributed by atoms with Gasteiger partial charge in [-0.2, -0.15) is 0 Å². The van der Waals surface area contributed by atoms with E-state index in [4.69, 9.17) is 15.2 Å². The first-order chi connectivity index (χ1) is 8.04. The fourth-order valence-corrected chi connectivity index (χ4v) is 1.94. The van der Waals surface area contributed by atoms with Crippen LogP contribution < -0.4 is 15.2 Å². The van der Waals surface area contributed by atoms with E-state index in [1.807, 2.05) is 19.1 Å². The molecule has 0 spiro atoms. The van der Waals surface area contributed by atoms with Crippen LogP contribution in [0.15, 0.2) is 12.1 Å². The predicted octanol–water partition coefficient (Wildman–Crippen LogP) is 3.06. The van der Waals surface area contributed by atoms with E-state index in [2.05, 4.69) is 13.8 Å². The van der Waals surface area contributed by atoms with E-state index in [1.54, 1.807) is 14.2 Å². The summed E-state index contributed by atoms with van der Waals surface area (Å²) in [6, 6.07) is 3.94. The molecule has 1 aromatic rings. The average molecular weight is 237 g/mol. The minimum absolute atomic E-state index is 0.0644. The quantitative estimate of drug-likeness (QED) is 0.856. The Morgan fingerprint density at radius 3 is 2.00 bits per heavy atom. The molecule has 0 radical (unpaired) electrons. The smallest absolute Gasteiger partial charge is 0.127 e. The number of benzene rings is 1. The lowest BCUT2D eigenvalue weighted by Crippen LogP contribution is -2.20. The van der Waals surface area contributed by atoms with Crippen LogP contribution in [0.25, 0.3) is 0 Å². The lowest BCUT2D eigenvalue weighted by Gasteiger charge is -2.23. The van der Waals surface area contributed by atoms with Crippen LogP contribution in [-0.2, 0) is 0 Å². The molecule has 2 N–H and O–H groups in total. The normalized spacial score (nSPS) is 14.2. The molecular weight excluding hydrogens is 214 g/mol. The maximum absolute atomic E-state index is 6.29. The highest BCUT2D eigenvalue weighted by atomic mass is 16.5. The Morgan fingerprint density at radius 1 is 1.18 bits per heavy atom. The van der Waals surface area contributed by atoms with E-state index in [0.29, 0.717) is 5.92 Å². The minimum atomic E-state index is -0.0644. The molecule has 0 aliphatic heterocycles. The van der Waals surface area contributed by atoms with Gasteiger partial charge in [0.25, 0.3) is 0 Å². The third kappa shape index (κ3) is 2.91. The van der Waals surface area contributed by atoms with Gasteiger partial charge in [0.05, 0.1) is 19.8 Å². The van der Waals surface area contributed by atoms with E-state index in [0.717, 1.165) is 29.0 Å². The number of aryl methyl sites for hydroxylation is 1. The standard InChI is InChI=1S/C14H23NO2/c1-6-10(3)14(15)13-11(16-4)7-9(2)8-12(13)17-5/h7-8,10,14H,6,15H2,1-5H3/t10?,14-/m1/s1. The van der Waals surface area contributed by atoms with E-state index in [-0.39, 0.29) is 6.04 Å². The Labute approximate surface area is 104 Å². The Balaban J connectivity index is 3.28. The van der Waals surface area contributed by atoms with Crippen molar-refractivity contribution in [2.45, 2.75) is 33.2 Å². The first-order valence-electron chi connectivity index (χ1n) is 6.03. The van der Waals surface area contributed by atoms with Gasteiger partial charge in [-0.15, -0.1) is 0 Å². The van der Waals surface area contributed by atoms with Crippen molar-refractivity contribution in [1.29, 1.82) is 0 Å². The van der Waals surface area contributed by atoms with Crippen LogP contribution in [0.5, 0.6) is 11.5 Å². The second-order valence-electron chi connectivity index (χ2n) is 4.49. The molecule has 0 aliphatic carbocycles. The van der Waals surface area contributed by atoms with Crippen molar-refractivity contribution in [3.05, 3.63) is 23.3 Å². The fraction of sp³-hybridized carbons (Fsp3) is 0.571. The number of methoxy groups -OCH3 is 2. The van der Waals surface area contributed by atoms with Crippen LogP contribution in [-0.4, -0.2) is 14.2 Å². The van der Waals surface area contributed by atoms with Gasteiger partial charge in [-0.05, 0) is 30.5 Å². The maximum Gasteiger partial charge on any atom is 0.127 e. The molecule has 0 amide bonds. The van der Waals surface area contributed by atoms with Crippen LogP contribution in [0.3, 0.4) is 0 Å². The maximum atomic E-state index is 6.29. The number of ether oxygens (including phenoxy) is 2. The number of hydrogen-bond donors (Lipinski definition) is 1. The number of rotatable bonds is 5. The predicted molar refractivity (Wildman–Crippen MR) is 70.7 cm³/mol. The van der Waals surface area contributed by atoms with Gasteiger partial charge >= 0.3 is 0 Å². The largest absolute Gasteiger partial charge is 0.496 e. The Morgan fingerprint density at radius 2 is 1.65 bits per heavy atom. The highest BCUT2D eigenvalue weighted by Gasteiger charge is 2.22. The monoisotopic (exact) mass is 237 g/mol. The topological polar surface area (TPSA) is 44.5 Å². The zero-order chi connectivity index (χ0) is 13.0. The second kappa shape index (κ2) is 5.92. The van der Waals surface area contributed by atoms with E-state index >= 15 is 0 Å². The summed E-state index contributed by atoms with van der Waals surface area (Å²) in [7, 11) is 3.34. The molecule has 96 valence electrons. The molecule has 17 heavy (non-hydrogen) atoms. The van der Waals surface area contributed by atoms with Gasteiger partial charge in [-0.25, -0.2) is 0 Å². The Kier molecular flexibility index (Phi) is 4.82. The average Bonchev–Trinajstić information content (AvgIpc) is 2.35. The van der Waals surface area contributed by atoms with Crippen LogP contribution >= 0.6 is 0 Å². The Hall–Kier alpha value is -1.22. The van der Waals surface area contributed by atoms with Crippen LogP contribution in [0.1, 0.15) is 37.4 Å². The summed E-state index contributed by atoms with van der Waals surface area (Å²) in [5.74, 6) is 2.02. The van der Waals surface area contributed by atoms with Crippen molar-refractivity contribution in [1.82, 2.24) is 0 Å². The number of nitrogens with two attached hydrogens (primary N) is 1. The molecule has 0 aliphatic rings. The molecule has 0 heterocycles. The molecule has 2 atom stereocenters. The van der Waals surface area contributed by atoms with Crippen LogP contribution in [0.4, 0.5) is 0 Å². The summed E-state index contributed by atoms with van der Waals surface area (Å²) < 4.78 is 10.8. The highest BCUT2D eigenvalue weighted by molar-refractivity contribution is 5.49. The molecule has 1 unspecified atom stereocenters. The molecule has 0 fully saturated rings. The van der Waals surface area contributed by atoms with Gasteiger partial charge in [-0.3, -0.25) is 0 Å². The third-order valence-corrected chi connectivity index (χ3v) is 3.28. The molecule has 0 bridgehead atoms. The molecular formula is C14H23NO2. The highest BCUT2D eigenvalue weighted by Crippen LogP contribution is 2.38. The molecule has 1 rings (SSSR count). The molecule has 0 saturated heterocycles. The summed E-state index contributed by atoms with van der Waals surface area (Å²) in [6.45, 7) is 6.30. The molecule has 0 aromatic heterocycles. The van der Waals surface area contributed by atoms with Crippen molar-refractivity contribution in [3.8, 4) is 11.5 Å². The van der Waals surface area contributed by atoms with Gasteiger partial charge in [-0.1, -0.05) is 20.3 Å². The lowest BCUT2D eigenvalue weighted by atomic mass is 9.91. The lowest BCUT2D eigenvalue weighted by molar-refractivity contribution is 0.359. The second-order valence-corrected chi connectivity index (χ2v) is 4.49. The van der Waals surface area contributed by atoms with Crippen LogP contribution in [0, 0.1) is 12.8 Å². The number of hydrogen-bond acceptors (Lipinski definition) is 3. The first kappa shape index (κ1) is 13.8. The zero-order valence-electron chi connectivity index (χ0n) is 11.4. The molecule has 0 saturated carbocycles.